The van der Waals surface area contributed by atoms with Crippen molar-refractivity contribution >= 4 is 33.4 Å². The highest BCUT2D eigenvalue weighted by molar-refractivity contribution is 7.95. The fourth-order valence-corrected chi connectivity index (χ4v) is 2.69. The fourth-order valence-electron chi connectivity index (χ4n) is 1.63. The van der Waals surface area contributed by atoms with Crippen LogP contribution in [0.25, 0.3) is 6.08 Å². The lowest BCUT2D eigenvalue weighted by Crippen LogP contribution is -2.08. The number of benzene rings is 2. The van der Waals surface area contributed by atoms with Crippen molar-refractivity contribution in [1.29, 1.82) is 0 Å². The topological polar surface area (TPSA) is 55.4 Å². The predicted molar refractivity (Wildman–Crippen MR) is 86.0 cm³/mol. The molecular formula is C15H14ClNO3S. The zero-order chi connectivity index (χ0) is 15.3. The van der Waals surface area contributed by atoms with Gasteiger partial charge < -0.3 is 4.74 Å². The Morgan fingerprint density at radius 2 is 1.76 bits per heavy atom. The summed E-state index contributed by atoms with van der Waals surface area (Å²) in [7, 11) is -2.05. The Morgan fingerprint density at radius 1 is 1.10 bits per heavy atom. The molecule has 0 aliphatic rings. The van der Waals surface area contributed by atoms with Crippen LogP contribution >= 0.6 is 11.6 Å². The van der Waals surface area contributed by atoms with Crippen LogP contribution in [-0.4, -0.2) is 15.5 Å². The molecule has 0 fully saturated rings. The Balaban J connectivity index is 2.13. The normalized spacial score (nSPS) is 11.5. The van der Waals surface area contributed by atoms with E-state index in [9.17, 15) is 8.42 Å². The van der Waals surface area contributed by atoms with E-state index in [4.69, 9.17) is 16.3 Å². The molecule has 21 heavy (non-hydrogen) atoms. The van der Waals surface area contributed by atoms with E-state index in [0.29, 0.717) is 22.0 Å². The Hall–Kier alpha value is -1.98. The van der Waals surface area contributed by atoms with E-state index in [-0.39, 0.29) is 0 Å². The number of rotatable bonds is 5. The van der Waals surface area contributed by atoms with E-state index in [1.165, 1.54) is 6.08 Å². The molecule has 1 N–H and O–H groups in total. The van der Waals surface area contributed by atoms with Crippen molar-refractivity contribution in [2.75, 3.05) is 11.8 Å². The monoisotopic (exact) mass is 323 g/mol. The molecule has 2 aromatic rings. The lowest BCUT2D eigenvalue weighted by Gasteiger charge is -2.05. The highest BCUT2D eigenvalue weighted by Crippen LogP contribution is 2.19. The number of hydrogen-bond acceptors (Lipinski definition) is 3. The summed E-state index contributed by atoms with van der Waals surface area (Å²) < 4.78 is 31.4. The Labute approximate surface area is 129 Å². The zero-order valence-electron chi connectivity index (χ0n) is 11.3. The molecule has 0 unspecified atom stereocenters. The van der Waals surface area contributed by atoms with Crippen LogP contribution in [0, 0.1) is 0 Å². The summed E-state index contributed by atoms with van der Waals surface area (Å²) in [6.07, 6.45) is 1.45. The Bertz CT molecular complexity index is 740. The first-order valence-electron chi connectivity index (χ1n) is 6.10. The minimum absolute atomic E-state index is 0.458. The first kappa shape index (κ1) is 15.4. The maximum absolute atomic E-state index is 12.0. The van der Waals surface area contributed by atoms with Gasteiger partial charge in [0.05, 0.1) is 12.5 Å². The van der Waals surface area contributed by atoms with Crippen LogP contribution in [-0.2, 0) is 10.0 Å². The van der Waals surface area contributed by atoms with Crippen molar-refractivity contribution in [2.45, 2.75) is 0 Å². The van der Waals surface area contributed by atoms with Gasteiger partial charge in [-0.05, 0) is 42.0 Å². The van der Waals surface area contributed by atoms with Crippen molar-refractivity contribution in [1.82, 2.24) is 0 Å². The molecule has 2 aromatic carbocycles. The Morgan fingerprint density at radius 3 is 2.38 bits per heavy atom. The lowest BCUT2D eigenvalue weighted by molar-refractivity contribution is 0.415. The number of anilines is 1. The predicted octanol–water partition coefficient (Wildman–Crippen LogP) is 3.76. The third kappa shape index (κ3) is 4.51. The van der Waals surface area contributed by atoms with Crippen LogP contribution in [0.15, 0.2) is 53.9 Å². The molecule has 0 saturated heterocycles. The second kappa shape index (κ2) is 6.65. The van der Waals surface area contributed by atoms with Gasteiger partial charge in [-0.15, -0.1) is 0 Å². The summed E-state index contributed by atoms with van der Waals surface area (Å²) in [6, 6.07) is 13.6. The molecule has 6 heteroatoms. The van der Waals surface area contributed by atoms with E-state index in [0.717, 1.165) is 5.41 Å². The van der Waals surface area contributed by atoms with Crippen LogP contribution in [0.5, 0.6) is 5.75 Å². The van der Waals surface area contributed by atoms with Crippen molar-refractivity contribution in [3.63, 3.8) is 0 Å². The molecule has 0 aromatic heterocycles. The van der Waals surface area contributed by atoms with E-state index >= 15 is 0 Å². The van der Waals surface area contributed by atoms with Crippen LogP contribution in [0.1, 0.15) is 5.56 Å². The lowest BCUT2D eigenvalue weighted by atomic mass is 10.2. The van der Waals surface area contributed by atoms with Crippen LogP contribution in [0.4, 0.5) is 5.69 Å². The third-order valence-electron chi connectivity index (χ3n) is 2.68. The van der Waals surface area contributed by atoms with Gasteiger partial charge in [-0.2, -0.15) is 0 Å². The number of hydrogen-bond donors (Lipinski definition) is 1. The third-order valence-corrected chi connectivity index (χ3v) is 4.04. The molecule has 0 radical (unpaired) electrons. The quantitative estimate of drug-likeness (QED) is 0.911. The number of methoxy groups -OCH3 is 1. The van der Waals surface area contributed by atoms with Crippen LogP contribution in [0.3, 0.4) is 0 Å². The molecule has 0 amide bonds. The van der Waals surface area contributed by atoms with E-state index < -0.39 is 10.0 Å². The molecule has 0 heterocycles. The minimum Gasteiger partial charge on any atom is -0.497 e. The van der Waals surface area contributed by atoms with E-state index in [1.54, 1.807) is 55.6 Å². The highest BCUT2D eigenvalue weighted by atomic mass is 35.5. The summed E-state index contributed by atoms with van der Waals surface area (Å²) in [5.74, 6) is 0.657. The van der Waals surface area contributed by atoms with Crippen molar-refractivity contribution in [2.24, 2.45) is 0 Å². The SMILES string of the molecule is COc1ccc(NS(=O)(=O)/C=C/c2ccccc2Cl)cc1. The number of ether oxygens (including phenoxy) is 1. The summed E-state index contributed by atoms with van der Waals surface area (Å²) in [5.41, 5.74) is 1.10. The number of sulfonamides is 1. The molecule has 4 nitrogen and oxygen atoms in total. The van der Waals surface area contributed by atoms with Gasteiger partial charge in [0.15, 0.2) is 0 Å². The number of halogens is 1. The van der Waals surface area contributed by atoms with Crippen LogP contribution < -0.4 is 9.46 Å². The van der Waals surface area contributed by atoms with Gasteiger partial charge in [-0.3, -0.25) is 4.72 Å². The van der Waals surface area contributed by atoms with Crippen molar-refractivity contribution in [3.05, 3.63) is 64.5 Å². The van der Waals surface area contributed by atoms with E-state index in [2.05, 4.69) is 4.72 Å². The molecule has 0 aliphatic heterocycles. The van der Waals surface area contributed by atoms with Gasteiger partial charge in [0, 0.05) is 10.7 Å². The average Bonchev–Trinajstić information content (AvgIpc) is 2.47. The van der Waals surface area contributed by atoms with Crippen molar-refractivity contribution < 1.29 is 13.2 Å². The van der Waals surface area contributed by atoms with Gasteiger partial charge in [0.25, 0.3) is 10.0 Å². The molecular weight excluding hydrogens is 310 g/mol. The summed E-state index contributed by atoms with van der Waals surface area (Å²) >= 11 is 5.97. The maximum atomic E-state index is 12.0. The molecule has 0 saturated carbocycles. The Kier molecular flexibility index (Phi) is 4.88. The molecule has 2 rings (SSSR count). The standard InChI is InChI=1S/C15H14ClNO3S/c1-20-14-8-6-13(7-9-14)17-21(18,19)11-10-12-4-2-3-5-15(12)16/h2-11,17H,1H3/b11-10+. The summed E-state index contributed by atoms with van der Waals surface area (Å²) in [5, 5.41) is 1.58. The zero-order valence-corrected chi connectivity index (χ0v) is 12.9. The fraction of sp³-hybridized carbons (Fsp3) is 0.0667. The molecule has 0 spiro atoms. The smallest absolute Gasteiger partial charge is 0.255 e. The van der Waals surface area contributed by atoms with Gasteiger partial charge in [-0.25, -0.2) is 8.42 Å². The maximum Gasteiger partial charge on any atom is 0.255 e. The van der Waals surface area contributed by atoms with Gasteiger partial charge in [-0.1, -0.05) is 29.8 Å². The van der Waals surface area contributed by atoms with Gasteiger partial charge in [0.1, 0.15) is 5.75 Å². The molecule has 0 aliphatic carbocycles. The highest BCUT2D eigenvalue weighted by Gasteiger charge is 2.06. The van der Waals surface area contributed by atoms with Gasteiger partial charge in [0.2, 0.25) is 0 Å². The van der Waals surface area contributed by atoms with Crippen molar-refractivity contribution in [3.8, 4) is 5.75 Å². The second-order valence-corrected chi connectivity index (χ2v) is 6.17. The first-order chi connectivity index (χ1) is 10.00. The minimum atomic E-state index is -3.60. The number of nitrogens with one attached hydrogen (secondary N) is 1. The van der Waals surface area contributed by atoms with Crippen LogP contribution in [0.2, 0.25) is 5.02 Å². The average molecular weight is 324 g/mol. The van der Waals surface area contributed by atoms with E-state index in [1.807, 2.05) is 0 Å². The van der Waals surface area contributed by atoms with Gasteiger partial charge >= 0.3 is 0 Å². The largest absolute Gasteiger partial charge is 0.497 e. The molecule has 0 bridgehead atoms. The first-order valence-corrected chi connectivity index (χ1v) is 8.02. The molecule has 0 atom stereocenters. The summed E-state index contributed by atoms with van der Waals surface area (Å²) in [4.78, 5) is 0. The molecule has 110 valence electrons. The second-order valence-electron chi connectivity index (χ2n) is 4.20. The summed E-state index contributed by atoms with van der Waals surface area (Å²) in [6.45, 7) is 0.